The molecule has 1 N–H and O–H groups in total. The number of aromatic nitrogens is 1. The van der Waals surface area contributed by atoms with Crippen LogP contribution in [0.1, 0.15) is 15.9 Å². The predicted molar refractivity (Wildman–Crippen MR) is 137 cm³/mol. The van der Waals surface area contributed by atoms with Gasteiger partial charge in [0.05, 0.1) is 18.4 Å². The van der Waals surface area contributed by atoms with Gasteiger partial charge in [-0.15, -0.1) is 0 Å². The van der Waals surface area contributed by atoms with Crippen LogP contribution in [0.5, 0.6) is 11.5 Å². The Balaban J connectivity index is 1.21. The van der Waals surface area contributed by atoms with Crippen molar-refractivity contribution in [3.8, 4) is 11.5 Å². The lowest BCUT2D eigenvalue weighted by molar-refractivity contribution is 0.0624. The number of hydrogen-bond donors (Lipinski definition) is 1. The molecule has 0 unspecified atom stereocenters. The number of amides is 1. The average molecular weight is 505 g/mol. The second-order valence-electron chi connectivity index (χ2n) is 8.75. The number of benzene rings is 3. The molecule has 0 radical (unpaired) electrons. The van der Waals surface area contributed by atoms with E-state index in [1.54, 1.807) is 29.3 Å². The number of carbonyl (C=O) groups excluding carboxylic acids is 1. The van der Waals surface area contributed by atoms with Crippen molar-refractivity contribution in [2.45, 2.75) is 6.54 Å². The predicted octanol–water partition coefficient (Wildman–Crippen LogP) is 4.89. The fourth-order valence-corrected chi connectivity index (χ4v) is 4.37. The van der Waals surface area contributed by atoms with Crippen LogP contribution in [0.15, 0.2) is 72.9 Å². The minimum absolute atomic E-state index is 0.143. The third-order valence-corrected chi connectivity index (χ3v) is 6.38. The highest BCUT2D eigenvalue weighted by molar-refractivity contribution is 5.97. The maximum atomic E-state index is 14.0. The van der Waals surface area contributed by atoms with Gasteiger partial charge >= 0.3 is 0 Å². The highest BCUT2D eigenvalue weighted by Crippen LogP contribution is 2.27. The fraction of sp³-hybridized carbons (Fsp3) is 0.214. The highest BCUT2D eigenvalue weighted by Gasteiger charge is 2.25. The highest BCUT2D eigenvalue weighted by atomic mass is 19.1. The number of pyridine rings is 1. The maximum absolute atomic E-state index is 14.0. The molecule has 1 fully saturated rings. The Hall–Kier alpha value is -4.24. The molecule has 190 valence electrons. The molecule has 5 rings (SSSR count). The summed E-state index contributed by atoms with van der Waals surface area (Å²) < 4.78 is 32.7. The molecule has 2 heterocycles. The summed E-state index contributed by atoms with van der Waals surface area (Å²) in [6.07, 6.45) is 1.71. The van der Waals surface area contributed by atoms with E-state index in [-0.39, 0.29) is 5.91 Å². The Labute approximate surface area is 213 Å². The smallest absolute Gasteiger partial charge is 0.257 e. The minimum Gasteiger partial charge on any atom is -0.496 e. The van der Waals surface area contributed by atoms with Gasteiger partial charge in [0.25, 0.3) is 5.91 Å². The molecule has 3 aromatic carbocycles. The van der Waals surface area contributed by atoms with E-state index in [0.29, 0.717) is 61.0 Å². The number of anilines is 1. The number of methoxy groups -OCH3 is 1. The van der Waals surface area contributed by atoms with Crippen LogP contribution in [0, 0.1) is 11.6 Å². The van der Waals surface area contributed by atoms with Gasteiger partial charge in [-0.05, 0) is 30.3 Å². The summed E-state index contributed by atoms with van der Waals surface area (Å²) in [6, 6.07) is 18.3. The number of fused-ring (bicyclic) bond motifs is 1. The first-order valence-electron chi connectivity index (χ1n) is 11.9. The monoisotopic (exact) mass is 504 g/mol. The summed E-state index contributed by atoms with van der Waals surface area (Å²) >= 11 is 0. The number of carbonyl (C=O) groups is 1. The van der Waals surface area contributed by atoms with Crippen LogP contribution in [-0.4, -0.2) is 54.0 Å². The molecule has 0 saturated carbocycles. The number of para-hydroxylation sites is 1. The van der Waals surface area contributed by atoms with E-state index < -0.39 is 11.6 Å². The summed E-state index contributed by atoms with van der Waals surface area (Å²) in [5.74, 6) is -0.294. The summed E-state index contributed by atoms with van der Waals surface area (Å²) in [5, 5.41) is 0.961. The maximum Gasteiger partial charge on any atom is 0.257 e. The van der Waals surface area contributed by atoms with Gasteiger partial charge in [0.15, 0.2) is 5.75 Å². The van der Waals surface area contributed by atoms with Crippen LogP contribution in [0.25, 0.3) is 10.9 Å². The summed E-state index contributed by atoms with van der Waals surface area (Å²) in [4.78, 5) is 27.2. The van der Waals surface area contributed by atoms with E-state index in [2.05, 4.69) is 10.5 Å². The number of hydrogen-bond acceptors (Lipinski definition) is 6. The summed E-state index contributed by atoms with van der Waals surface area (Å²) in [5.41, 5.74) is 5.14. The van der Waals surface area contributed by atoms with Gasteiger partial charge in [0, 0.05) is 62.0 Å². The van der Waals surface area contributed by atoms with Crippen LogP contribution in [0.2, 0.25) is 0 Å². The van der Waals surface area contributed by atoms with Gasteiger partial charge in [-0.3, -0.25) is 14.7 Å². The van der Waals surface area contributed by atoms with Gasteiger partial charge in [-0.2, -0.15) is 0 Å². The zero-order chi connectivity index (χ0) is 25.8. The Kier molecular flexibility index (Phi) is 7.14. The largest absolute Gasteiger partial charge is 0.496 e. The molecular formula is C28H26F2N4O3. The van der Waals surface area contributed by atoms with E-state index in [1.165, 1.54) is 19.2 Å². The van der Waals surface area contributed by atoms with Crippen LogP contribution in [0.3, 0.4) is 0 Å². The fourth-order valence-electron chi connectivity index (χ4n) is 4.37. The molecule has 37 heavy (non-hydrogen) atoms. The van der Waals surface area contributed by atoms with Crippen molar-refractivity contribution in [2.24, 2.45) is 0 Å². The molecule has 4 aromatic rings. The van der Waals surface area contributed by atoms with Gasteiger partial charge < -0.3 is 14.5 Å². The van der Waals surface area contributed by atoms with Gasteiger partial charge in [0.1, 0.15) is 22.9 Å². The zero-order valence-electron chi connectivity index (χ0n) is 20.3. The molecule has 0 bridgehead atoms. The van der Waals surface area contributed by atoms with Gasteiger partial charge in [0.2, 0.25) is 0 Å². The number of nitrogens with zero attached hydrogens (tertiary/aromatic N) is 3. The topological polar surface area (TPSA) is 66.9 Å². The first kappa shape index (κ1) is 24.5. The Morgan fingerprint density at radius 2 is 1.78 bits per heavy atom. The van der Waals surface area contributed by atoms with Crippen molar-refractivity contribution in [3.63, 3.8) is 0 Å². The third kappa shape index (κ3) is 5.46. The first-order chi connectivity index (χ1) is 18.0. The van der Waals surface area contributed by atoms with Crippen LogP contribution in [0.4, 0.5) is 14.5 Å². The van der Waals surface area contributed by atoms with Crippen molar-refractivity contribution in [2.75, 3.05) is 38.8 Å². The third-order valence-electron chi connectivity index (χ3n) is 6.38. The van der Waals surface area contributed by atoms with Gasteiger partial charge in [-0.25, -0.2) is 14.3 Å². The molecule has 0 aliphatic carbocycles. The van der Waals surface area contributed by atoms with E-state index in [4.69, 9.17) is 9.57 Å². The normalized spacial score (nSPS) is 14.0. The molecule has 0 atom stereocenters. The minimum atomic E-state index is -0.594. The van der Waals surface area contributed by atoms with E-state index >= 15 is 0 Å². The second kappa shape index (κ2) is 10.8. The molecule has 1 aliphatic heterocycles. The number of ether oxygens (including phenoxy) is 1. The number of rotatable bonds is 7. The SMILES string of the molecule is COc1cc(NOc2cccc3cccnc23)ccc1C(=O)N1CCN(Cc2ccc(F)cc2F)CC1. The Morgan fingerprint density at radius 1 is 0.973 bits per heavy atom. The van der Waals surface area contributed by atoms with E-state index in [1.807, 2.05) is 35.2 Å². The zero-order valence-corrected chi connectivity index (χ0v) is 20.3. The Bertz CT molecular complexity index is 1420. The van der Waals surface area contributed by atoms with Crippen molar-refractivity contribution in [1.29, 1.82) is 0 Å². The lowest BCUT2D eigenvalue weighted by Gasteiger charge is -2.35. The second-order valence-corrected chi connectivity index (χ2v) is 8.75. The molecule has 7 nitrogen and oxygen atoms in total. The van der Waals surface area contributed by atoms with Crippen molar-refractivity contribution >= 4 is 22.5 Å². The molecular weight excluding hydrogens is 478 g/mol. The summed E-state index contributed by atoms with van der Waals surface area (Å²) in [6.45, 7) is 2.50. The Morgan fingerprint density at radius 3 is 2.57 bits per heavy atom. The van der Waals surface area contributed by atoms with Gasteiger partial charge in [-0.1, -0.05) is 24.3 Å². The molecule has 1 saturated heterocycles. The first-order valence-corrected chi connectivity index (χ1v) is 11.9. The summed E-state index contributed by atoms with van der Waals surface area (Å²) in [7, 11) is 1.51. The van der Waals surface area contributed by atoms with Crippen molar-refractivity contribution < 1.29 is 23.1 Å². The number of halogens is 2. The number of nitrogens with one attached hydrogen (secondary N) is 1. The van der Waals surface area contributed by atoms with Crippen LogP contribution in [-0.2, 0) is 6.54 Å². The van der Waals surface area contributed by atoms with Crippen LogP contribution < -0.4 is 15.1 Å². The molecule has 1 aromatic heterocycles. The number of piperazine rings is 1. The lowest BCUT2D eigenvalue weighted by atomic mass is 10.1. The average Bonchev–Trinajstić information content (AvgIpc) is 2.93. The van der Waals surface area contributed by atoms with Crippen molar-refractivity contribution in [3.05, 3.63) is 95.7 Å². The quantitative estimate of drug-likeness (QED) is 0.362. The lowest BCUT2D eigenvalue weighted by Crippen LogP contribution is -2.48. The van der Waals surface area contributed by atoms with E-state index in [0.717, 1.165) is 17.0 Å². The standard InChI is InChI=1S/C28H26F2N4O3/c1-36-26-17-22(32-37-25-6-2-4-19-5-3-11-31-27(19)25)9-10-23(26)28(35)34-14-12-33(13-15-34)18-20-7-8-21(29)16-24(20)30/h2-11,16-17,32H,12-15,18H2,1H3. The molecule has 1 amide bonds. The van der Waals surface area contributed by atoms with Crippen LogP contribution >= 0.6 is 0 Å². The van der Waals surface area contributed by atoms with Crippen molar-refractivity contribution in [1.82, 2.24) is 14.8 Å². The molecule has 9 heteroatoms. The van der Waals surface area contributed by atoms with E-state index in [9.17, 15) is 13.6 Å². The molecule has 1 aliphatic rings. The molecule has 0 spiro atoms.